The van der Waals surface area contributed by atoms with Gasteiger partial charge in [-0.25, -0.2) is 0 Å². The average Bonchev–Trinajstić information content (AvgIpc) is 3.16. The molecule has 1 saturated heterocycles. The van der Waals surface area contributed by atoms with Crippen molar-refractivity contribution in [1.29, 1.82) is 0 Å². The number of carbonyl (C=O) groups excluding carboxylic acids is 1. The van der Waals surface area contributed by atoms with Crippen molar-refractivity contribution >= 4 is 11.9 Å². The summed E-state index contributed by atoms with van der Waals surface area (Å²) in [5, 5.41) is 12.8. The van der Waals surface area contributed by atoms with E-state index in [0.29, 0.717) is 37.5 Å². The molecule has 3 rings (SSSR count). The van der Waals surface area contributed by atoms with Gasteiger partial charge in [0.2, 0.25) is 17.6 Å². The smallest absolute Gasteiger partial charge is 0.303 e. The SMILES string of the molecule is O=C(O)CCCCC(=O)N1CCCCC1c1nc(-c2ccccc2)no1. The van der Waals surface area contributed by atoms with E-state index in [2.05, 4.69) is 10.1 Å². The summed E-state index contributed by atoms with van der Waals surface area (Å²) in [5.41, 5.74) is 0.879. The van der Waals surface area contributed by atoms with Crippen molar-refractivity contribution in [2.24, 2.45) is 0 Å². The van der Waals surface area contributed by atoms with Crippen LogP contribution in [-0.4, -0.2) is 38.6 Å². The largest absolute Gasteiger partial charge is 0.481 e. The van der Waals surface area contributed by atoms with Gasteiger partial charge in [0.05, 0.1) is 0 Å². The lowest BCUT2D eigenvalue weighted by molar-refractivity contribution is -0.138. The molecule has 1 amide bonds. The number of nitrogens with zero attached hydrogens (tertiary/aromatic N) is 3. The predicted octanol–water partition coefficient (Wildman–Crippen LogP) is 3.44. The monoisotopic (exact) mass is 357 g/mol. The summed E-state index contributed by atoms with van der Waals surface area (Å²) in [6.45, 7) is 0.672. The molecule has 2 heterocycles. The van der Waals surface area contributed by atoms with E-state index in [1.807, 2.05) is 35.2 Å². The molecule has 7 heteroatoms. The number of rotatable bonds is 7. The summed E-state index contributed by atoms with van der Waals surface area (Å²) < 4.78 is 5.46. The Morgan fingerprint density at radius 1 is 1.15 bits per heavy atom. The number of carbonyl (C=O) groups is 2. The fourth-order valence-corrected chi connectivity index (χ4v) is 3.26. The molecular formula is C19H23N3O4. The molecule has 1 atom stereocenters. The molecule has 0 radical (unpaired) electrons. The minimum absolute atomic E-state index is 0.0274. The zero-order valence-corrected chi connectivity index (χ0v) is 14.6. The Labute approximate surface area is 152 Å². The number of piperidine rings is 1. The summed E-state index contributed by atoms with van der Waals surface area (Å²) in [4.78, 5) is 29.5. The van der Waals surface area contributed by atoms with Gasteiger partial charge in [-0.05, 0) is 32.1 Å². The van der Waals surface area contributed by atoms with E-state index < -0.39 is 5.97 Å². The van der Waals surface area contributed by atoms with Gasteiger partial charge >= 0.3 is 5.97 Å². The normalized spacial score (nSPS) is 17.2. The van der Waals surface area contributed by atoms with E-state index in [0.717, 1.165) is 24.8 Å². The van der Waals surface area contributed by atoms with Gasteiger partial charge in [0.25, 0.3) is 0 Å². The van der Waals surface area contributed by atoms with Gasteiger partial charge in [-0.1, -0.05) is 35.5 Å². The van der Waals surface area contributed by atoms with Crippen LogP contribution in [0, 0.1) is 0 Å². The zero-order valence-electron chi connectivity index (χ0n) is 14.6. The van der Waals surface area contributed by atoms with Crippen LogP contribution in [0.3, 0.4) is 0 Å². The van der Waals surface area contributed by atoms with Gasteiger partial charge in [0, 0.05) is 24.9 Å². The highest BCUT2D eigenvalue weighted by Gasteiger charge is 2.31. The van der Waals surface area contributed by atoms with Gasteiger partial charge in [-0.15, -0.1) is 0 Å². The van der Waals surface area contributed by atoms with Gasteiger partial charge in [0.1, 0.15) is 6.04 Å². The van der Waals surface area contributed by atoms with E-state index in [9.17, 15) is 9.59 Å². The number of amides is 1. The summed E-state index contributed by atoms with van der Waals surface area (Å²) >= 11 is 0. The molecule has 1 aliphatic heterocycles. The van der Waals surface area contributed by atoms with E-state index >= 15 is 0 Å². The second kappa shape index (κ2) is 8.60. The van der Waals surface area contributed by atoms with Crippen LogP contribution >= 0.6 is 0 Å². The Morgan fingerprint density at radius 2 is 1.92 bits per heavy atom. The minimum atomic E-state index is -0.826. The molecule has 7 nitrogen and oxygen atoms in total. The maximum atomic E-state index is 12.6. The summed E-state index contributed by atoms with van der Waals surface area (Å²) in [7, 11) is 0. The van der Waals surface area contributed by atoms with Crippen LogP contribution in [0.1, 0.15) is 56.9 Å². The molecule has 26 heavy (non-hydrogen) atoms. The molecule has 0 bridgehead atoms. The Hall–Kier alpha value is -2.70. The average molecular weight is 357 g/mol. The van der Waals surface area contributed by atoms with E-state index in [1.165, 1.54) is 0 Å². The molecule has 1 aromatic carbocycles. The van der Waals surface area contributed by atoms with Crippen LogP contribution in [0.5, 0.6) is 0 Å². The first-order valence-electron chi connectivity index (χ1n) is 9.05. The molecule has 138 valence electrons. The predicted molar refractivity (Wildman–Crippen MR) is 94.1 cm³/mol. The number of hydrogen-bond donors (Lipinski definition) is 1. The van der Waals surface area contributed by atoms with Crippen LogP contribution in [0.4, 0.5) is 0 Å². The molecule has 0 spiro atoms. The van der Waals surface area contributed by atoms with Crippen molar-refractivity contribution in [3.8, 4) is 11.4 Å². The molecule has 1 N–H and O–H groups in total. The first kappa shape index (κ1) is 18.1. The second-order valence-corrected chi connectivity index (χ2v) is 6.52. The molecule has 1 fully saturated rings. The van der Waals surface area contributed by atoms with Crippen LogP contribution in [0.2, 0.25) is 0 Å². The Morgan fingerprint density at radius 3 is 2.69 bits per heavy atom. The van der Waals surface area contributed by atoms with Crippen LogP contribution in [0.15, 0.2) is 34.9 Å². The van der Waals surface area contributed by atoms with E-state index in [-0.39, 0.29) is 18.4 Å². The highest BCUT2D eigenvalue weighted by atomic mass is 16.5. The standard InChI is InChI=1S/C19H23N3O4/c23-16(11-4-5-12-17(24)25)22-13-7-6-10-15(22)19-20-18(21-26-19)14-8-2-1-3-9-14/h1-3,8-9,15H,4-7,10-13H2,(H,24,25). The highest BCUT2D eigenvalue weighted by Crippen LogP contribution is 2.31. The van der Waals surface area contributed by atoms with Crippen molar-refractivity contribution in [3.05, 3.63) is 36.2 Å². The third kappa shape index (κ3) is 4.47. The number of unbranched alkanes of at least 4 members (excludes halogenated alkanes) is 1. The molecular weight excluding hydrogens is 334 g/mol. The first-order valence-corrected chi connectivity index (χ1v) is 9.05. The summed E-state index contributed by atoms with van der Waals surface area (Å²) in [6, 6.07) is 9.40. The molecule has 1 unspecified atom stereocenters. The van der Waals surface area contributed by atoms with E-state index in [4.69, 9.17) is 9.63 Å². The lowest BCUT2D eigenvalue weighted by Gasteiger charge is -2.33. The number of aliphatic carboxylic acids is 1. The quantitative estimate of drug-likeness (QED) is 0.763. The van der Waals surface area contributed by atoms with Crippen LogP contribution < -0.4 is 0 Å². The summed E-state index contributed by atoms with van der Waals surface area (Å²) in [6.07, 6.45) is 4.31. The second-order valence-electron chi connectivity index (χ2n) is 6.52. The molecule has 1 aromatic heterocycles. The highest BCUT2D eigenvalue weighted by molar-refractivity contribution is 5.76. The maximum Gasteiger partial charge on any atom is 0.303 e. The Balaban J connectivity index is 1.66. The topological polar surface area (TPSA) is 96.5 Å². The van der Waals surface area contributed by atoms with Gasteiger partial charge in [-0.2, -0.15) is 4.98 Å². The van der Waals surface area contributed by atoms with Crippen molar-refractivity contribution in [2.75, 3.05) is 6.54 Å². The van der Waals surface area contributed by atoms with Crippen LogP contribution in [0.25, 0.3) is 11.4 Å². The van der Waals surface area contributed by atoms with Gasteiger partial charge < -0.3 is 14.5 Å². The maximum absolute atomic E-state index is 12.6. The van der Waals surface area contributed by atoms with Crippen molar-refractivity contribution in [2.45, 2.75) is 51.0 Å². The minimum Gasteiger partial charge on any atom is -0.481 e. The fraction of sp³-hybridized carbons (Fsp3) is 0.474. The van der Waals surface area contributed by atoms with E-state index in [1.54, 1.807) is 0 Å². The molecule has 1 aliphatic rings. The lowest BCUT2D eigenvalue weighted by atomic mass is 10.0. The van der Waals surface area contributed by atoms with Crippen molar-refractivity contribution < 1.29 is 19.2 Å². The lowest BCUT2D eigenvalue weighted by Crippen LogP contribution is -2.38. The Kier molecular flexibility index (Phi) is 5.99. The van der Waals surface area contributed by atoms with Gasteiger partial charge in [-0.3, -0.25) is 9.59 Å². The number of hydrogen-bond acceptors (Lipinski definition) is 5. The van der Waals surface area contributed by atoms with Crippen molar-refractivity contribution in [1.82, 2.24) is 15.0 Å². The van der Waals surface area contributed by atoms with Gasteiger partial charge in [0.15, 0.2) is 0 Å². The summed E-state index contributed by atoms with van der Waals surface area (Å²) in [5.74, 6) is 0.203. The molecule has 0 aliphatic carbocycles. The fourth-order valence-electron chi connectivity index (χ4n) is 3.26. The number of benzene rings is 1. The Bertz CT molecular complexity index is 744. The number of carboxylic acids is 1. The van der Waals surface area contributed by atoms with Crippen molar-refractivity contribution in [3.63, 3.8) is 0 Å². The first-order chi connectivity index (χ1) is 12.6. The third-order valence-electron chi connectivity index (χ3n) is 4.61. The molecule has 2 aromatic rings. The molecule has 0 saturated carbocycles. The number of likely N-dealkylation sites (tertiary alicyclic amines) is 1. The zero-order chi connectivity index (χ0) is 18.4. The van der Waals surface area contributed by atoms with Crippen LogP contribution in [-0.2, 0) is 9.59 Å². The number of aromatic nitrogens is 2. The number of carboxylic acid groups (broad SMARTS) is 1. The third-order valence-corrected chi connectivity index (χ3v) is 4.61.